The minimum absolute atomic E-state index is 0.0343. The Bertz CT molecular complexity index is 906. The molecule has 2 aliphatic heterocycles. The second-order valence-electron chi connectivity index (χ2n) is 7.53. The number of fused-ring (bicyclic) bond motifs is 1. The Hall–Kier alpha value is -2.72. The Labute approximate surface area is 159 Å². The Morgan fingerprint density at radius 2 is 2.07 bits per heavy atom. The number of nitriles is 1. The number of anilines is 1. The number of piperidine rings is 1. The third kappa shape index (κ3) is 3.21. The largest absolute Gasteiger partial charge is 0.506 e. The maximum atomic E-state index is 10.3. The van der Waals surface area contributed by atoms with Gasteiger partial charge in [0, 0.05) is 37.0 Å². The maximum Gasteiger partial charge on any atom is 0.155 e. The number of hydrogen-bond donors (Lipinski definition) is 1. The molecule has 2 aromatic rings. The molecule has 4 heterocycles. The summed E-state index contributed by atoms with van der Waals surface area (Å²) in [6, 6.07) is 3.89. The molecule has 1 atom stereocenters. The van der Waals surface area contributed by atoms with Crippen LogP contribution in [0.1, 0.15) is 36.0 Å². The van der Waals surface area contributed by atoms with Gasteiger partial charge in [-0.05, 0) is 51.8 Å². The van der Waals surface area contributed by atoms with Gasteiger partial charge in [0.25, 0.3) is 0 Å². The van der Waals surface area contributed by atoms with Crippen LogP contribution in [0.2, 0.25) is 0 Å². The van der Waals surface area contributed by atoms with Crippen molar-refractivity contribution in [3.8, 4) is 23.2 Å². The molecule has 0 spiro atoms. The molecular formula is C20H24N6O. The zero-order valence-electron chi connectivity index (χ0n) is 15.8. The van der Waals surface area contributed by atoms with Gasteiger partial charge in [0.1, 0.15) is 23.2 Å². The van der Waals surface area contributed by atoms with E-state index < -0.39 is 0 Å². The molecule has 4 rings (SSSR count). The lowest BCUT2D eigenvalue weighted by molar-refractivity contribution is 0.242. The van der Waals surface area contributed by atoms with Crippen molar-refractivity contribution in [2.45, 2.75) is 38.6 Å². The van der Waals surface area contributed by atoms with Crippen LogP contribution < -0.4 is 4.90 Å². The topological polar surface area (TPSA) is 89.2 Å². The molecule has 0 radical (unpaired) electrons. The number of aromatic hydroxyl groups is 1. The van der Waals surface area contributed by atoms with Crippen molar-refractivity contribution in [1.29, 1.82) is 5.26 Å². The van der Waals surface area contributed by atoms with Crippen LogP contribution >= 0.6 is 0 Å². The lowest BCUT2D eigenvalue weighted by atomic mass is 9.95. The van der Waals surface area contributed by atoms with E-state index in [1.807, 2.05) is 13.0 Å². The summed E-state index contributed by atoms with van der Waals surface area (Å²) in [7, 11) is 2.18. The van der Waals surface area contributed by atoms with Crippen molar-refractivity contribution in [3.05, 3.63) is 29.0 Å². The predicted molar refractivity (Wildman–Crippen MR) is 103 cm³/mol. The van der Waals surface area contributed by atoms with Crippen molar-refractivity contribution >= 4 is 5.82 Å². The van der Waals surface area contributed by atoms with Gasteiger partial charge in [-0.25, -0.2) is 4.98 Å². The van der Waals surface area contributed by atoms with Gasteiger partial charge in [0.15, 0.2) is 5.82 Å². The van der Waals surface area contributed by atoms with Gasteiger partial charge >= 0.3 is 0 Å². The Balaban J connectivity index is 1.72. The second kappa shape index (κ2) is 7.12. The van der Waals surface area contributed by atoms with Crippen molar-refractivity contribution in [1.82, 2.24) is 20.1 Å². The van der Waals surface area contributed by atoms with Crippen LogP contribution in [0.5, 0.6) is 5.75 Å². The first kappa shape index (κ1) is 17.7. The van der Waals surface area contributed by atoms with Crippen LogP contribution in [0.4, 0.5) is 5.82 Å². The van der Waals surface area contributed by atoms with E-state index in [2.05, 4.69) is 32.0 Å². The number of nitrogens with zero attached hydrogens (tertiary/aromatic N) is 6. The minimum Gasteiger partial charge on any atom is -0.506 e. The van der Waals surface area contributed by atoms with Gasteiger partial charge in [0.05, 0.1) is 5.56 Å². The van der Waals surface area contributed by atoms with Gasteiger partial charge in [-0.1, -0.05) is 0 Å². The summed E-state index contributed by atoms with van der Waals surface area (Å²) in [6.07, 6.45) is 5.90. The molecule has 27 heavy (non-hydrogen) atoms. The summed E-state index contributed by atoms with van der Waals surface area (Å²) in [5.74, 6) is 0.948. The van der Waals surface area contributed by atoms with Crippen LogP contribution in [0.25, 0.3) is 11.4 Å². The standard InChI is InChI=1S/C20H24N6O/c1-13-16-6-4-8-26(15-5-3-7-25(2)12-15)20(16)24-23-18(13)19-17(27)9-14(10-21)11-22-19/h9,11,15,27H,3-8,12H2,1-2H3/t15-/m0/s1. The quantitative estimate of drug-likeness (QED) is 0.874. The third-order valence-corrected chi connectivity index (χ3v) is 5.68. The molecule has 2 aromatic heterocycles. The minimum atomic E-state index is -0.0343. The first-order valence-corrected chi connectivity index (χ1v) is 9.49. The molecule has 1 fully saturated rings. The number of pyridine rings is 1. The molecule has 1 N–H and O–H groups in total. The molecule has 140 valence electrons. The highest BCUT2D eigenvalue weighted by Crippen LogP contribution is 2.36. The fourth-order valence-corrected chi connectivity index (χ4v) is 4.28. The van der Waals surface area contributed by atoms with E-state index >= 15 is 0 Å². The average Bonchev–Trinajstić information content (AvgIpc) is 2.68. The van der Waals surface area contributed by atoms with E-state index in [-0.39, 0.29) is 5.75 Å². The first-order chi connectivity index (χ1) is 13.1. The molecule has 0 aliphatic carbocycles. The summed E-state index contributed by atoms with van der Waals surface area (Å²) in [6.45, 7) is 5.25. The van der Waals surface area contributed by atoms with Crippen molar-refractivity contribution in [3.63, 3.8) is 0 Å². The average molecular weight is 364 g/mol. The lowest BCUT2D eigenvalue weighted by Gasteiger charge is -2.41. The molecule has 0 bridgehead atoms. The monoisotopic (exact) mass is 364 g/mol. The van der Waals surface area contributed by atoms with Gasteiger partial charge in [-0.15, -0.1) is 10.2 Å². The predicted octanol–water partition coefficient (Wildman–Crippen LogP) is 2.27. The summed E-state index contributed by atoms with van der Waals surface area (Å²) in [5.41, 5.74) is 3.52. The lowest BCUT2D eigenvalue weighted by Crippen LogP contribution is -2.49. The molecule has 0 aromatic carbocycles. The van der Waals surface area contributed by atoms with E-state index in [9.17, 15) is 5.11 Å². The molecule has 1 saturated heterocycles. The van der Waals surface area contributed by atoms with Gasteiger partial charge in [0.2, 0.25) is 0 Å². The normalized spacial score (nSPS) is 20.2. The summed E-state index contributed by atoms with van der Waals surface area (Å²) in [4.78, 5) is 9.06. The molecule has 0 saturated carbocycles. The Morgan fingerprint density at radius 1 is 1.22 bits per heavy atom. The van der Waals surface area contributed by atoms with Gasteiger partial charge in [-0.3, -0.25) is 0 Å². The van der Waals surface area contributed by atoms with Crippen LogP contribution in [-0.4, -0.2) is 57.9 Å². The zero-order chi connectivity index (χ0) is 19.0. The zero-order valence-corrected chi connectivity index (χ0v) is 15.8. The van der Waals surface area contributed by atoms with E-state index in [0.717, 1.165) is 43.9 Å². The fourth-order valence-electron chi connectivity index (χ4n) is 4.28. The van der Waals surface area contributed by atoms with E-state index in [0.29, 0.717) is 23.0 Å². The number of rotatable bonds is 2. The molecule has 2 aliphatic rings. The third-order valence-electron chi connectivity index (χ3n) is 5.68. The number of hydrogen-bond acceptors (Lipinski definition) is 7. The molecule has 7 nitrogen and oxygen atoms in total. The first-order valence-electron chi connectivity index (χ1n) is 9.49. The van der Waals surface area contributed by atoms with E-state index in [4.69, 9.17) is 5.26 Å². The highest BCUT2D eigenvalue weighted by Gasteiger charge is 2.30. The van der Waals surface area contributed by atoms with Gasteiger partial charge in [-0.2, -0.15) is 5.26 Å². The Morgan fingerprint density at radius 3 is 2.81 bits per heavy atom. The molecule has 0 unspecified atom stereocenters. The SMILES string of the molecule is Cc1c(-c2ncc(C#N)cc2O)nnc2c1CCCN2[C@H]1CCCN(C)C1. The van der Waals surface area contributed by atoms with Crippen LogP contribution in [0.15, 0.2) is 12.3 Å². The van der Waals surface area contributed by atoms with Crippen LogP contribution in [-0.2, 0) is 6.42 Å². The fraction of sp³-hybridized carbons (Fsp3) is 0.500. The summed E-state index contributed by atoms with van der Waals surface area (Å²) < 4.78 is 0. The number of likely N-dealkylation sites (tertiary alicyclic amines) is 1. The van der Waals surface area contributed by atoms with Crippen LogP contribution in [0, 0.1) is 18.3 Å². The summed E-state index contributed by atoms with van der Waals surface area (Å²) in [5, 5.41) is 28.3. The van der Waals surface area contributed by atoms with Crippen molar-refractivity contribution < 1.29 is 5.11 Å². The van der Waals surface area contributed by atoms with Crippen molar-refractivity contribution in [2.24, 2.45) is 0 Å². The molecule has 0 amide bonds. The smallest absolute Gasteiger partial charge is 0.155 e. The molecule has 7 heteroatoms. The van der Waals surface area contributed by atoms with E-state index in [1.54, 1.807) is 0 Å². The van der Waals surface area contributed by atoms with Crippen LogP contribution in [0.3, 0.4) is 0 Å². The highest BCUT2D eigenvalue weighted by atomic mass is 16.3. The second-order valence-corrected chi connectivity index (χ2v) is 7.53. The van der Waals surface area contributed by atoms with E-state index in [1.165, 1.54) is 30.7 Å². The Kier molecular flexibility index (Phi) is 4.66. The number of likely N-dealkylation sites (N-methyl/N-ethyl adjacent to an activating group) is 1. The molecular weight excluding hydrogens is 340 g/mol. The summed E-state index contributed by atoms with van der Waals surface area (Å²) >= 11 is 0. The van der Waals surface area contributed by atoms with Gasteiger partial charge < -0.3 is 14.9 Å². The maximum absolute atomic E-state index is 10.3. The highest BCUT2D eigenvalue weighted by molar-refractivity contribution is 5.70. The van der Waals surface area contributed by atoms with Crippen molar-refractivity contribution in [2.75, 3.05) is 31.6 Å². The number of aromatic nitrogens is 3.